The molecule has 18 heavy (non-hydrogen) atoms. The van der Waals surface area contributed by atoms with E-state index in [1.54, 1.807) is 37.3 Å². The van der Waals surface area contributed by atoms with Crippen molar-refractivity contribution >= 4 is 0 Å². The van der Waals surface area contributed by atoms with E-state index in [-0.39, 0.29) is 11.6 Å². The number of benzene rings is 1. The molecule has 0 radical (unpaired) electrons. The average Bonchev–Trinajstić information content (AvgIpc) is 2.91. The van der Waals surface area contributed by atoms with Gasteiger partial charge in [0, 0.05) is 5.56 Å². The van der Waals surface area contributed by atoms with Crippen LogP contribution < -0.4 is 5.32 Å². The van der Waals surface area contributed by atoms with E-state index in [1.807, 2.05) is 0 Å². The topological polar surface area (TPSA) is 25.2 Å². The summed E-state index contributed by atoms with van der Waals surface area (Å²) in [5.41, 5.74) is 0.0177. The van der Waals surface area contributed by atoms with Gasteiger partial charge in [-0.2, -0.15) is 8.78 Å². The van der Waals surface area contributed by atoms with Gasteiger partial charge in [-0.15, -0.1) is 0 Å². The van der Waals surface area contributed by atoms with E-state index in [1.165, 1.54) is 18.4 Å². The zero-order valence-electron chi connectivity index (χ0n) is 10.1. The van der Waals surface area contributed by atoms with Gasteiger partial charge in [0.25, 0.3) is 5.92 Å². The molecule has 96 valence electrons. The van der Waals surface area contributed by atoms with Crippen LogP contribution in [0.15, 0.2) is 53.1 Å². The minimum absolute atomic E-state index is 0.0177. The van der Waals surface area contributed by atoms with Crippen LogP contribution in [0.25, 0.3) is 0 Å². The van der Waals surface area contributed by atoms with E-state index < -0.39 is 12.5 Å². The van der Waals surface area contributed by atoms with E-state index in [0.29, 0.717) is 5.76 Å². The van der Waals surface area contributed by atoms with Crippen molar-refractivity contribution < 1.29 is 13.2 Å². The second-order valence-corrected chi connectivity index (χ2v) is 4.19. The summed E-state index contributed by atoms with van der Waals surface area (Å²) < 4.78 is 32.9. The molecule has 0 unspecified atom stereocenters. The summed E-state index contributed by atoms with van der Waals surface area (Å²) in [7, 11) is 0. The highest BCUT2D eigenvalue weighted by atomic mass is 19.3. The van der Waals surface area contributed by atoms with Crippen LogP contribution in [0, 0.1) is 0 Å². The fraction of sp³-hybridized carbons (Fsp3) is 0.286. The van der Waals surface area contributed by atoms with Gasteiger partial charge in [0.15, 0.2) is 0 Å². The Bertz CT molecular complexity index is 468. The first-order chi connectivity index (χ1) is 8.59. The van der Waals surface area contributed by atoms with Crippen LogP contribution in [0.2, 0.25) is 0 Å². The van der Waals surface area contributed by atoms with E-state index in [0.717, 1.165) is 0 Å². The average molecular weight is 251 g/mol. The Labute approximate surface area is 105 Å². The van der Waals surface area contributed by atoms with Crippen LogP contribution >= 0.6 is 0 Å². The molecule has 2 rings (SSSR count). The van der Waals surface area contributed by atoms with Crippen LogP contribution in [0.3, 0.4) is 0 Å². The molecule has 1 aromatic carbocycles. The van der Waals surface area contributed by atoms with E-state index in [2.05, 4.69) is 5.32 Å². The van der Waals surface area contributed by atoms with E-state index in [9.17, 15) is 8.78 Å². The molecule has 2 nitrogen and oxygen atoms in total. The zero-order chi connectivity index (χ0) is 13.0. The molecule has 1 aromatic heterocycles. The molecule has 0 aliphatic heterocycles. The first-order valence-corrected chi connectivity index (χ1v) is 5.80. The van der Waals surface area contributed by atoms with Crippen molar-refractivity contribution in [3.05, 3.63) is 60.1 Å². The molecular formula is C14H15F2NO. The minimum atomic E-state index is -2.89. The Morgan fingerprint density at radius 3 is 2.50 bits per heavy atom. The predicted molar refractivity (Wildman–Crippen MR) is 65.5 cm³/mol. The third-order valence-electron chi connectivity index (χ3n) is 2.80. The Balaban J connectivity index is 1.97. The van der Waals surface area contributed by atoms with Crippen molar-refractivity contribution in [2.24, 2.45) is 0 Å². The summed E-state index contributed by atoms with van der Waals surface area (Å²) >= 11 is 0. The molecule has 4 heteroatoms. The number of furan rings is 1. The van der Waals surface area contributed by atoms with Crippen LogP contribution in [0.4, 0.5) is 8.78 Å². The standard InChI is InChI=1S/C14H15F2NO/c1-11(13-8-5-9-18-13)17-10-14(15,16)12-6-3-2-4-7-12/h2-9,11,17H,10H2,1H3/t11-/m1/s1. The lowest BCUT2D eigenvalue weighted by Gasteiger charge is -2.19. The van der Waals surface area contributed by atoms with Crippen LogP contribution in [-0.4, -0.2) is 6.54 Å². The van der Waals surface area contributed by atoms with Crippen LogP contribution in [0.5, 0.6) is 0 Å². The maximum Gasteiger partial charge on any atom is 0.285 e. The van der Waals surface area contributed by atoms with Crippen molar-refractivity contribution in [3.8, 4) is 0 Å². The molecule has 0 bridgehead atoms. The monoisotopic (exact) mass is 251 g/mol. The second kappa shape index (κ2) is 5.31. The predicted octanol–water partition coefficient (Wildman–Crippen LogP) is 3.72. The fourth-order valence-corrected chi connectivity index (χ4v) is 1.70. The molecule has 1 N–H and O–H groups in total. The van der Waals surface area contributed by atoms with Crippen molar-refractivity contribution in [3.63, 3.8) is 0 Å². The molecule has 0 saturated carbocycles. The number of halogens is 2. The van der Waals surface area contributed by atoms with Gasteiger partial charge >= 0.3 is 0 Å². The molecule has 1 atom stereocenters. The number of rotatable bonds is 5. The molecule has 0 fully saturated rings. The van der Waals surface area contributed by atoms with Crippen molar-refractivity contribution in [2.75, 3.05) is 6.54 Å². The second-order valence-electron chi connectivity index (χ2n) is 4.19. The van der Waals surface area contributed by atoms with Crippen molar-refractivity contribution in [1.82, 2.24) is 5.32 Å². The number of nitrogens with one attached hydrogen (secondary N) is 1. The summed E-state index contributed by atoms with van der Waals surface area (Å²) in [6.45, 7) is 1.37. The van der Waals surface area contributed by atoms with Crippen molar-refractivity contribution in [1.29, 1.82) is 0 Å². The Hall–Kier alpha value is -1.68. The molecule has 0 saturated heterocycles. The largest absolute Gasteiger partial charge is 0.468 e. The van der Waals surface area contributed by atoms with Gasteiger partial charge in [-0.05, 0) is 19.1 Å². The van der Waals surface area contributed by atoms with Crippen LogP contribution in [-0.2, 0) is 5.92 Å². The quantitative estimate of drug-likeness (QED) is 0.876. The summed E-state index contributed by atoms with van der Waals surface area (Å²) in [6.07, 6.45) is 1.53. The molecular weight excluding hydrogens is 236 g/mol. The van der Waals surface area contributed by atoms with Gasteiger partial charge in [0.2, 0.25) is 0 Å². The lowest BCUT2D eigenvalue weighted by molar-refractivity contribution is -0.00583. The minimum Gasteiger partial charge on any atom is -0.468 e. The molecule has 0 spiro atoms. The third kappa shape index (κ3) is 2.96. The molecule has 0 aliphatic rings. The van der Waals surface area contributed by atoms with E-state index >= 15 is 0 Å². The molecule has 0 amide bonds. The number of hydrogen-bond donors (Lipinski definition) is 1. The smallest absolute Gasteiger partial charge is 0.285 e. The fourth-order valence-electron chi connectivity index (χ4n) is 1.70. The summed E-state index contributed by atoms with van der Waals surface area (Å²) in [4.78, 5) is 0. The molecule has 2 aromatic rings. The number of alkyl halides is 2. The Morgan fingerprint density at radius 2 is 1.89 bits per heavy atom. The maximum atomic E-state index is 13.9. The van der Waals surface area contributed by atoms with Gasteiger partial charge in [-0.1, -0.05) is 30.3 Å². The van der Waals surface area contributed by atoms with E-state index in [4.69, 9.17) is 4.42 Å². The first-order valence-electron chi connectivity index (χ1n) is 5.80. The van der Waals surface area contributed by atoms with Gasteiger partial charge in [-0.25, -0.2) is 0 Å². The van der Waals surface area contributed by atoms with Gasteiger partial charge in [0.1, 0.15) is 5.76 Å². The highest BCUT2D eigenvalue weighted by Gasteiger charge is 2.31. The van der Waals surface area contributed by atoms with Gasteiger partial charge in [0.05, 0.1) is 18.8 Å². The van der Waals surface area contributed by atoms with Gasteiger partial charge in [-0.3, -0.25) is 0 Å². The Kier molecular flexibility index (Phi) is 3.77. The third-order valence-corrected chi connectivity index (χ3v) is 2.80. The highest BCUT2D eigenvalue weighted by molar-refractivity contribution is 5.20. The normalized spacial score (nSPS) is 13.5. The molecule has 1 heterocycles. The Morgan fingerprint density at radius 1 is 1.17 bits per heavy atom. The SMILES string of the molecule is C[C@@H](NCC(F)(F)c1ccccc1)c1ccco1. The zero-order valence-corrected chi connectivity index (χ0v) is 10.1. The number of hydrogen-bond acceptors (Lipinski definition) is 2. The lowest BCUT2D eigenvalue weighted by atomic mass is 10.1. The summed E-state index contributed by atoms with van der Waals surface area (Å²) in [5, 5.41) is 2.78. The van der Waals surface area contributed by atoms with Crippen LogP contribution in [0.1, 0.15) is 24.3 Å². The maximum absolute atomic E-state index is 13.9. The molecule has 0 aliphatic carbocycles. The lowest BCUT2D eigenvalue weighted by Crippen LogP contribution is -2.32. The summed E-state index contributed by atoms with van der Waals surface area (Å²) in [5.74, 6) is -2.24. The first kappa shape index (κ1) is 12.8. The van der Waals surface area contributed by atoms with Gasteiger partial charge < -0.3 is 9.73 Å². The highest BCUT2D eigenvalue weighted by Crippen LogP contribution is 2.27. The van der Waals surface area contributed by atoms with Crippen molar-refractivity contribution in [2.45, 2.75) is 18.9 Å². The summed E-state index contributed by atoms with van der Waals surface area (Å²) in [6, 6.07) is 11.1.